The number of amides is 3. The topological polar surface area (TPSA) is 174 Å². The number of rotatable bonds is 10. The maximum Gasteiger partial charge on any atom is 0.343 e. The van der Waals surface area contributed by atoms with Gasteiger partial charge in [-0.2, -0.15) is 0 Å². The van der Waals surface area contributed by atoms with Crippen molar-refractivity contribution in [3.63, 3.8) is 0 Å². The number of cyclic esters (lactones) is 1. The van der Waals surface area contributed by atoms with Gasteiger partial charge < -0.3 is 24.5 Å². The van der Waals surface area contributed by atoms with Crippen LogP contribution in [0.15, 0.2) is 65.5 Å². The predicted octanol–water partition coefficient (Wildman–Crippen LogP) is 3.90. The first kappa shape index (κ1) is 33.5. The van der Waals surface area contributed by atoms with E-state index >= 15 is 0 Å². The van der Waals surface area contributed by atoms with Crippen molar-refractivity contribution in [2.24, 2.45) is 0 Å². The molecule has 5 heterocycles. The van der Waals surface area contributed by atoms with Crippen molar-refractivity contribution in [1.82, 2.24) is 14.5 Å². The van der Waals surface area contributed by atoms with Gasteiger partial charge in [-0.1, -0.05) is 13.3 Å². The molecule has 51 heavy (non-hydrogen) atoms. The third kappa shape index (κ3) is 6.09. The number of hydrogen-bond donors (Lipinski definition) is 2. The van der Waals surface area contributed by atoms with E-state index in [1.807, 2.05) is 6.92 Å². The Kier molecular flexibility index (Phi) is 8.59. The number of aryl methyl sites for hydroxylation is 1. The molecule has 0 radical (unpaired) electrons. The minimum absolute atomic E-state index is 0.188. The molecule has 3 aliphatic rings. The van der Waals surface area contributed by atoms with Crippen molar-refractivity contribution in [2.45, 2.75) is 64.7 Å². The zero-order valence-corrected chi connectivity index (χ0v) is 28.0. The first-order chi connectivity index (χ1) is 24.5. The van der Waals surface area contributed by atoms with Gasteiger partial charge in [-0.25, -0.2) is 14.6 Å². The highest BCUT2D eigenvalue weighted by molar-refractivity contribution is 6.12. The van der Waals surface area contributed by atoms with Crippen molar-refractivity contribution in [3.05, 3.63) is 98.9 Å². The number of unbranched alkanes of at least 4 members (excludes halogenated alkanes) is 2. The summed E-state index contributed by atoms with van der Waals surface area (Å²) in [5, 5.41) is 14.4. The van der Waals surface area contributed by atoms with Crippen molar-refractivity contribution in [1.29, 1.82) is 0 Å². The number of aromatic nitrogens is 2. The third-order valence-corrected chi connectivity index (χ3v) is 9.56. The molecule has 1 atom stereocenters. The van der Waals surface area contributed by atoms with Gasteiger partial charge in [0.25, 0.3) is 17.4 Å². The van der Waals surface area contributed by atoms with E-state index in [1.165, 1.54) is 24.0 Å². The quantitative estimate of drug-likeness (QED) is 0.0947. The van der Waals surface area contributed by atoms with Crippen LogP contribution in [0, 0.1) is 0 Å². The lowest BCUT2D eigenvalue weighted by atomic mass is 9.89. The number of pyridine rings is 2. The summed E-state index contributed by atoms with van der Waals surface area (Å²) in [5.74, 6) is -1.90. The number of hydrogen-bond acceptors (Lipinski definition) is 10. The number of fused-ring (bicyclic) bond motifs is 5. The molecule has 260 valence electrons. The van der Waals surface area contributed by atoms with Gasteiger partial charge in [-0.3, -0.25) is 24.1 Å². The van der Waals surface area contributed by atoms with E-state index in [9.17, 15) is 33.9 Å². The van der Waals surface area contributed by atoms with Crippen LogP contribution in [-0.2, 0) is 49.1 Å². The summed E-state index contributed by atoms with van der Waals surface area (Å²) >= 11 is 0. The zero-order chi connectivity index (χ0) is 36.0. The lowest BCUT2D eigenvalue weighted by molar-refractivity contribution is -0.169. The van der Waals surface area contributed by atoms with Crippen molar-refractivity contribution in [2.75, 3.05) is 11.9 Å². The minimum Gasteiger partial charge on any atom is -0.458 e. The second kappa shape index (κ2) is 13.1. The summed E-state index contributed by atoms with van der Waals surface area (Å²) in [5.41, 5.74) is 2.47. The van der Waals surface area contributed by atoms with Crippen LogP contribution in [0.25, 0.3) is 22.3 Å². The van der Waals surface area contributed by atoms with Gasteiger partial charge in [0, 0.05) is 47.3 Å². The molecule has 3 aliphatic heterocycles. The maximum atomic E-state index is 13.5. The summed E-state index contributed by atoms with van der Waals surface area (Å²) in [4.78, 5) is 80.6. The largest absolute Gasteiger partial charge is 0.458 e. The number of ether oxygens (including phenoxy) is 2. The fourth-order valence-electron chi connectivity index (χ4n) is 6.82. The van der Waals surface area contributed by atoms with Crippen LogP contribution < -0.4 is 15.6 Å². The third-order valence-electron chi connectivity index (χ3n) is 9.56. The van der Waals surface area contributed by atoms with Crippen LogP contribution in [0.5, 0.6) is 5.75 Å². The highest BCUT2D eigenvalue weighted by Crippen LogP contribution is 2.40. The average molecular weight is 691 g/mol. The fourth-order valence-corrected chi connectivity index (χ4v) is 6.82. The number of benzene rings is 2. The molecule has 2 N–H and O–H groups in total. The SMILES string of the molecule is CCc1c2c(nc3ccc(OC(=O)c4ccc(NC(=O)CCCCCN5C(=O)C=CC5=O)cc4)cc13)-c1cc3c(c(=O)n1C2)COC(=O)[C@@]3(C)O. The molecular formula is C38H34N4O9. The highest BCUT2D eigenvalue weighted by Gasteiger charge is 2.43. The fraction of sp³-hybridized carbons (Fsp3) is 0.289. The number of carbonyl (C=O) groups excluding carboxylic acids is 5. The van der Waals surface area contributed by atoms with E-state index in [1.54, 1.807) is 53.1 Å². The molecule has 0 unspecified atom stereocenters. The van der Waals surface area contributed by atoms with Crippen LogP contribution >= 0.6 is 0 Å². The van der Waals surface area contributed by atoms with Gasteiger partial charge in [0.05, 0.1) is 34.6 Å². The Morgan fingerprint density at radius 2 is 1.73 bits per heavy atom. The number of nitrogens with zero attached hydrogens (tertiary/aromatic N) is 3. The van der Waals surface area contributed by atoms with E-state index in [-0.39, 0.29) is 59.5 Å². The van der Waals surface area contributed by atoms with Gasteiger partial charge in [0.15, 0.2) is 5.60 Å². The van der Waals surface area contributed by atoms with Gasteiger partial charge in [-0.15, -0.1) is 0 Å². The number of aliphatic hydroxyl groups is 1. The second-order valence-corrected chi connectivity index (χ2v) is 12.9. The van der Waals surface area contributed by atoms with Gasteiger partial charge in [0.2, 0.25) is 5.91 Å². The van der Waals surface area contributed by atoms with Crippen LogP contribution in [0.4, 0.5) is 5.69 Å². The summed E-state index contributed by atoms with van der Waals surface area (Å²) < 4.78 is 12.4. The summed E-state index contributed by atoms with van der Waals surface area (Å²) in [6.45, 7) is 3.68. The molecule has 0 bridgehead atoms. The first-order valence-corrected chi connectivity index (χ1v) is 16.7. The molecule has 13 nitrogen and oxygen atoms in total. The molecule has 2 aromatic carbocycles. The molecule has 2 aromatic heterocycles. The summed E-state index contributed by atoms with van der Waals surface area (Å²) in [7, 11) is 0. The van der Waals surface area contributed by atoms with Gasteiger partial charge >= 0.3 is 11.9 Å². The average Bonchev–Trinajstić information content (AvgIpc) is 3.64. The van der Waals surface area contributed by atoms with Crippen molar-refractivity contribution < 1.29 is 38.6 Å². The van der Waals surface area contributed by atoms with E-state index in [0.29, 0.717) is 60.6 Å². The second-order valence-electron chi connectivity index (χ2n) is 12.9. The van der Waals surface area contributed by atoms with E-state index in [0.717, 1.165) is 16.5 Å². The Balaban J connectivity index is 1.01. The van der Waals surface area contributed by atoms with Crippen molar-refractivity contribution >= 4 is 46.3 Å². The molecule has 4 aromatic rings. The maximum absolute atomic E-state index is 13.5. The smallest absolute Gasteiger partial charge is 0.343 e. The normalized spacial score (nSPS) is 17.3. The van der Waals surface area contributed by atoms with Gasteiger partial charge in [-0.05, 0) is 80.3 Å². The lowest BCUT2D eigenvalue weighted by Crippen LogP contribution is -2.42. The van der Waals surface area contributed by atoms with Crippen LogP contribution in [-0.4, -0.2) is 55.8 Å². The summed E-state index contributed by atoms with van der Waals surface area (Å²) in [6, 6.07) is 13.1. The molecule has 0 spiro atoms. The lowest BCUT2D eigenvalue weighted by Gasteiger charge is -2.29. The molecule has 3 amide bonds. The molecule has 0 fully saturated rings. The van der Waals surface area contributed by atoms with E-state index in [4.69, 9.17) is 14.5 Å². The Hall–Kier alpha value is -5.95. The number of nitrogens with one attached hydrogen (secondary N) is 1. The van der Waals surface area contributed by atoms with E-state index < -0.39 is 17.5 Å². The van der Waals surface area contributed by atoms with E-state index in [2.05, 4.69) is 5.32 Å². The first-order valence-electron chi connectivity index (χ1n) is 16.7. The Bertz CT molecular complexity index is 2230. The van der Waals surface area contributed by atoms with Crippen LogP contribution in [0.3, 0.4) is 0 Å². The zero-order valence-electron chi connectivity index (χ0n) is 28.0. The van der Waals surface area contributed by atoms with Crippen molar-refractivity contribution in [3.8, 4) is 17.1 Å². The molecule has 0 aliphatic carbocycles. The predicted molar refractivity (Wildman–Crippen MR) is 184 cm³/mol. The highest BCUT2D eigenvalue weighted by atomic mass is 16.6. The number of esters is 2. The number of imide groups is 1. The van der Waals surface area contributed by atoms with Gasteiger partial charge in [0.1, 0.15) is 12.4 Å². The molecule has 13 heteroatoms. The summed E-state index contributed by atoms with van der Waals surface area (Å²) in [6.07, 6.45) is 5.27. The Morgan fingerprint density at radius 3 is 2.45 bits per heavy atom. The molecular weight excluding hydrogens is 656 g/mol. The molecule has 0 saturated heterocycles. The monoisotopic (exact) mass is 690 g/mol. The minimum atomic E-state index is -1.95. The molecule has 7 rings (SSSR count). The van der Waals surface area contributed by atoms with Crippen LogP contribution in [0.1, 0.15) is 72.1 Å². The molecule has 0 saturated carbocycles. The Labute approximate surface area is 291 Å². The standard InChI is InChI=1S/C38H34N4O9/c1-3-24-25-17-23(12-13-29(25)40-34-26(24)19-42-30(34)18-28-27(35(42)46)20-50-37(48)38(28,2)49)51-36(47)21-8-10-22(11-9-21)39-31(43)7-5-4-6-16-41-32(44)14-15-33(41)45/h8-15,17-18,49H,3-7,16,19-20H2,1-2H3,(H,39,43)/t38-/m0/s1. The Morgan fingerprint density at radius 1 is 0.980 bits per heavy atom. The number of anilines is 1. The number of carbonyl (C=O) groups is 5. The van der Waals surface area contributed by atoms with Crippen LogP contribution in [0.2, 0.25) is 0 Å².